The molecule has 0 bridgehead atoms. The maximum atomic E-state index is 12.9. The Morgan fingerprint density at radius 1 is 1.00 bits per heavy atom. The molecule has 0 aliphatic carbocycles. The molecule has 0 saturated heterocycles. The molecule has 0 spiro atoms. The van der Waals surface area contributed by atoms with Crippen LogP contribution in [-0.2, 0) is 22.4 Å². The van der Waals surface area contributed by atoms with Gasteiger partial charge in [0.1, 0.15) is 4.75 Å². The van der Waals surface area contributed by atoms with E-state index in [2.05, 4.69) is 68.8 Å². The third kappa shape index (κ3) is 7.45. The van der Waals surface area contributed by atoms with Gasteiger partial charge in [-0.2, -0.15) is 5.10 Å². The highest BCUT2D eigenvalue weighted by atomic mass is 32.2. The lowest BCUT2D eigenvalue weighted by Gasteiger charge is -2.36. The summed E-state index contributed by atoms with van der Waals surface area (Å²) in [6.07, 6.45) is 3.68. The maximum Gasteiger partial charge on any atom is 0.192 e. The predicted molar refractivity (Wildman–Crippen MR) is 173 cm³/mol. The Bertz CT molecular complexity index is 1470. The van der Waals surface area contributed by atoms with E-state index >= 15 is 0 Å². The average molecular weight is 592 g/mol. The van der Waals surface area contributed by atoms with Crippen molar-refractivity contribution in [3.63, 3.8) is 0 Å². The number of rotatable bonds is 10. The Kier molecular flexibility index (Phi) is 9.45. The molecule has 1 aromatic carbocycles. The van der Waals surface area contributed by atoms with Crippen LogP contribution >= 0.6 is 0 Å². The zero-order valence-electron chi connectivity index (χ0n) is 26.0. The monoisotopic (exact) mass is 591 g/mol. The number of nitrogens with one attached hydrogen (secondary N) is 1. The lowest BCUT2D eigenvalue weighted by molar-refractivity contribution is 0.272. The zero-order chi connectivity index (χ0) is 30.0. The van der Waals surface area contributed by atoms with Gasteiger partial charge >= 0.3 is 0 Å². The van der Waals surface area contributed by atoms with E-state index in [4.69, 9.17) is 14.4 Å². The number of nitrogens with zero attached hydrogens (tertiary/aromatic N) is 4. The summed E-state index contributed by atoms with van der Waals surface area (Å²) in [5, 5.41) is 5.84. The van der Waals surface area contributed by atoms with Crippen molar-refractivity contribution < 1.29 is 8.98 Å². The van der Waals surface area contributed by atoms with Crippen LogP contribution in [0.2, 0.25) is 18.1 Å². The van der Waals surface area contributed by atoms with Crippen molar-refractivity contribution >= 4 is 30.6 Å². The van der Waals surface area contributed by atoms with Crippen molar-refractivity contribution in [2.45, 2.75) is 96.8 Å². The van der Waals surface area contributed by atoms with Crippen molar-refractivity contribution in [1.82, 2.24) is 24.5 Å². The summed E-state index contributed by atoms with van der Waals surface area (Å²) in [5.74, 6) is 0.757. The molecule has 0 saturated carbocycles. The Balaban J connectivity index is 1.63. The third-order valence-electron chi connectivity index (χ3n) is 7.77. The van der Waals surface area contributed by atoms with Gasteiger partial charge in [-0.3, -0.25) is 4.98 Å². The Morgan fingerprint density at radius 3 is 2.41 bits per heavy atom. The molecule has 0 fully saturated rings. The van der Waals surface area contributed by atoms with E-state index in [-0.39, 0.29) is 15.8 Å². The number of fused-ring (bicyclic) bond motifs is 1. The Morgan fingerprint density at radius 2 is 1.73 bits per heavy atom. The first-order chi connectivity index (χ1) is 19.2. The fourth-order valence-electron chi connectivity index (χ4n) is 4.16. The quantitative estimate of drug-likeness (QED) is 0.149. The Labute approximate surface area is 249 Å². The highest BCUT2D eigenvalue weighted by Crippen LogP contribution is 2.37. The van der Waals surface area contributed by atoms with Crippen LogP contribution in [0.1, 0.15) is 78.7 Å². The minimum atomic E-state index is -1.89. The SMILES string of the molecule is CCC[C@@H](N[S@+]([O-])C(C)(C)C)c1cccc(-c2ccc3cnn(-c4cccc(CO[Si](C)(C)C(C)(C)C)n4)c3c2)n1. The van der Waals surface area contributed by atoms with Gasteiger partial charge in [0.15, 0.2) is 14.1 Å². The molecule has 0 aliphatic heterocycles. The van der Waals surface area contributed by atoms with E-state index < -0.39 is 19.7 Å². The van der Waals surface area contributed by atoms with Crippen LogP contribution in [0.5, 0.6) is 0 Å². The van der Waals surface area contributed by atoms with Gasteiger partial charge < -0.3 is 8.98 Å². The molecule has 0 aliphatic rings. The molecule has 7 nitrogen and oxygen atoms in total. The molecule has 2 atom stereocenters. The first-order valence-electron chi connectivity index (χ1n) is 14.4. The largest absolute Gasteiger partial charge is 0.598 e. The summed E-state index contributed by atoms with van der Waals surface area (Å²) < 4.78 is 24.1. The van der Waals surface area contributed by atoms with Gasteiger partial charge in [-0.15, -0.1) is 4.72 Å². The first kappa shape index (κ1) is 31.4. The molecule has 3 aromatic heterocycles. The van der Waals surface area contributed by atoms with Crippen LogP contribution < -0.4 is 4.72 Å². The van der Waals surface area contributed by atoms with E-state index in [1.54, 1.807) is 0 Å². The molecule has 0 unspecified atom stereocenters. The van der Waals surface area contributed by atoms with Crippen molar-refractivity contribution in [2.24, 2.45) is 0 Å². The Hall–Kier alpha value is -2.56. The van der Waals surface area contributed by atoms with Crippen LogP contribution in [0.4, 0.5) is 0 Å². The molecule has 41 heavy (non-hydrogen) atoms. The summed E-state index contributed by atoms with van der Waals surface area (Å²) in [4.78, 5) is 9.92. The fraction of sp³-hybridized carbons (Fsp3) is 0.469. The predicted octanol–water partition coefficient (Wildman–Crippen LogP) is 7.90. The smallest absolute Gasteiger partial charge is 0.192 e. The molecule has 4 rings (SSSR count). The summed E-state index contributed by atoms with van der Waals surface area (Å²) in [6.45, 7) is 19.8. The van der Waals surface area contributed by atoms with Gasteiger partial charge in [0, 0.05) is 22.3 Å². The molecule has 1 N–H and O–H groups in total. The molecular weight excluding hydrogens is 547 g/mol. The van der Waals surface area contributed by atoms with Crippen LogP contribution in [0.15, 0.2) is 60.8 Å². The van der Waals surface area contributed by atoms with Crippen LogP contribution in [-0.4, -0.2) is 37.4 Å². The third-order valence-corrected chi connectivity index (χ3v) is 13.9. The normalized spacial score (nSPS) is 14.4. The minimum Gasteiger partial charge on any atom is -0.598 e. The van der Waals surface area contributed by atoms with Crippen molar-refractivity contribution in [1.29, 1.82) is 0 Å². The molecule has 3 heterocycles. The second-order valence-electron chi connectivity index (χ2n) is 13.2. The highest BCUT2D eigenvalue weighted by molar-refractivity contribution is 7.90. The van der Waals surface area contributed by atoms with Crippen molar-refractivity contribution in [3.8, 4) is 17.1 Å². The lowest BCUT2D eigenvalue weighted by atomic mass is 10.1. The number of aromatic nitrogens is 4. The number of hydrogen-bond donors (Lipinski definition) is 1. The van der Waals surface area contributed by atoms with E-state index in [1.165, 1.54) is 0 Å². The summed E-state index contributed by atoms with van der Waals surface area (Å²) in [7, 11) is -1.89. The van der Waals surface area contributed by atoms with Gasteiger partial charge in [-0.25, -0.2) is 9.67 Å². The second kappa shape index (κ2) is 12.4. The van der Waals surface area contributed by atoms with E-state index in [1.807, 2.05) is 68.0 Å². The summed E-state index contributed by atoms with van der Waals surface area (Å²) in [6, 6.07) is 18.2. The molecule has 0 radical (unpaired) electrons. The minimum absolute atomic E-state index is 0.0882. The number of pyridine rings is 2. The first-order valence-corrected chi connectivity index (χ1v) is 18.5. The van der Waals surface area contributed by atoms with E-state index in [0.717, 1.165) is 52.2 Å². The average Bonchev–Trinajstić information content (AvgIpc) is 3.34. The summed E-state index contributed by atoms with van der Waals surface area (Å²) in [5.41, 5.74) is 4.61. The van der Waals surface area contributed by atoms with E-state index in [9.17, 15) is 4.55 Å². The van der Waals surface area contributed by atoms with Gasteiger partial charge in [-0.1, -0.05) is 58.4 Å². The van der Waals surface area contributed by atoms with Gasteiger partial charge in [0.2, 0.25) is 0 Å². The maximum absolute atomic E-state index is 12.9. The van der Waals surface area contributed by atoms with Crippen molar-refractivity contribution in [2.75, 3.05) is 0 Å². The van der Waals surface area contributed by atoms with E-state index in [0.29, 0.717) is 6.61 Å². The van der Waals surface area contributed by atoms with Crippen LogP contribution in [0.3, 0.4) is 0 Å². The van der Waals surface area contributed by atoms with Gasteiger partial charge in [0.05, 0.1) is 41.4 Å². The highest BCUT2D eigenvalue weighted by Gasteiger charge is 2.37. The van der Waals surface area contributed by atoms with Gasteiger partial charge in [0.25, 0.3) is 0 Å². The standard InChI is InChI=1S/C32H45N5O2SSi/c1-10-13-28(36-40(38)31(2,3)4)27-16-12-15-26(35-27)23-18-19-24-21-33-37(29(24)20-23)30-17-11-14-25(34-30)22-39-41(8,9)32(5,6)7/h11-12,14-21,28,36H,10,13,22H2,1-9H3/t28-,40-/m1/s1. The topological polar surface area (TPSA) is 87.9 Å². The molecule has 220 valence electrons. The van der Waals surface area contributed by atoms with Crippen molar-refractivity contribution in [3.05, 3.63) is 72.2 Å². The lowest BCUT2D eigenvalue weighted by Crippen LogP contribution is -2.41. The molecule has 9 heteroatoms. The van der Waals surface area contributed by atoms with Gasteiger partial charge in [-0.05, 0) is 75.7 Å². The summed E-state index contributed by atoms with van der Waals surface area (Å²) >= 11 is -1.19. The fourth-order valence-corrected chi connectivity index (χ4v) is 5.96. The number of hydrogen-bond acceptors (Lipinski definition) is 6. The zero-order valence-corrected chi connectivity index (χ0v) is 27.8. The molecule has 4 aromatic rings. The van der Waals surface area contributed by atoms with Crippen LogP contribution in [0, 0.1) is 0 Å². The second-order valence-corrected chi connectivity index (χ2v) is 20.0. The molecule has 0 amide bonds. The number of benzene rings is 1. The van der Waals surface area contributed by atoms with Crippen LogP contribution in [0.25, 0.3) is 28.0 Å². The molecular formula is C32H45N5O2SSi.